The molecule has 0 bridgehead atoms. The van der Waals surface area contributed by atoms with Crippen LogP contribution in [0, 0.1) is 6.92 Å². The summed E-state index contributed by atoms with van der Waals surface area (Å²) in [7, 11) is -3.64. The molecule has 0 amide bonds. The predicted molar refractivity (Wildman–Crippen MR) is 64.4 cm³/mol. The van der Waals surface area contributed by atoms with Gasteiger partial charge in [0.15, 0.2) is 0 Å². The molecule has 0 spiro atoms. The second-order valence-electron chi connectivity index (χ2n) is 3.44. The molecule has 3 N–H and O–H groups in total. The first kappa shape index (κ1) is 13.5. The first-order valence-electron chi connectivity index (χ1n) is 4.97. The number of carboxylic acids is 1. The molecule has 0 saturated carbocycles. The molecule has 0 radical (unpaired) electrons. The fraction of sp³-hybridized carbons (Fsp3) is 0.300. The van der Waals surface area contributed by atoms with Crippen molar-refractivity contribution in [2.45, 2.75) is 13.8 Å². The maximum Gasteiger partial charge on any atom is 0.335 e. The van der Waals surface area contributed by atoms with Crippen LogP contribution < -0.4 is 9.44 Å². The van der Waals surface area contributed by atoms with Crippen molar-refractivity contribution in [2.24, 2.45) is 0 Å². The monoisotopic (exact) mass is 258 g/mol. The minimum atomic E-state index is -3.64. The van der Waals surface area contributed by atoms with E-state index in [1.165, 1.54) is 12.1 Å². The number of nitrogens with one attached hydrogen (secondary N) is 2. The molecular weight excluding hydrogens is 244 g/mol. The number of hydrogen-bond acceptors (Lipinski definition) is 3. The van der Waals surface area contributed by atoms with E-state index in [2.05, 4.69) is 9.44 Å². The van der Waals surface area contributed by atoms with Gasteiger partial charge in [0.1, 0.15) is 0 Å². The molecule has 1 aromatic rings. The van der Waals surface area contributed by atoms with Gasteiger partial charge in [0, 0.05) is 6.54 Å². The van der Waals surface area contributed by atoms with E-state index in [4.69, 9.17) is 5.11 Å². The van der Waals surface area contributed by atoms with Gasteiger partial charge < -0.3 is 5.11 Å². The zero-order valence-corrected chi connectivity index (χ0v) is 10.3. The number of hydrogen-bond donors (Lipinski definition) is 3. The topological polar surface area (TPSA) is 95.5 Å². The number of rotatable bonds is 5. The Bertz CT molecular complexity index is 525. The van der Waals surface area contributed by atoms with Crippen LogP contribution in [0.3, 0.4) is 0 Å². The zero-order chi connectivity index (χ0) is 13.1. The standard InChI is InChI=1S/C10H14N2O4S/c1-3-11-17(15,16)12-9-6-8(10(13)14)5-4-7(9)2/h4-6,11-12H,3H2,1-2H3,(H,13,14). The quantitative estimate of drug-likeness (QED) is 0.733. The highest BCUT2D eigenvalue weighted by atomic mass is 32.2. The Balaban J connectivity index is 3.06. The number of benzene rings is 1. The fourth-order valence-corrected chi connectivity index (χ4v) is 2.20. The van der Waals surface area contributed by atoms with Gasteiger partial charge in [-0.15, -0.1) is 0 Å². The highest BCUT2D eigenvalue weighted by Crippen LogP contribution is 2.17. The molecule has 0 saturated heterocycles. The van der Waals surface area contributed by atoms with Gasteiger partial charge >= 0.3 is 5.97 Å². The summed E-state index contributed by atoms with van der Waals surface area (Å²) in [5, 5.41) is 8.81. The Morgan fingerprint density at radius 3 is 2.59 bits per heavy atom. The number of anilines is 1. The van der Waals surface area contributed by atoms with E-state index in [1.807, 2.05) is 0 Å². The molecule has 17 heavy (non-hydrogen) atoms. The van der Waals surface area contributed by atoms with E-state index in [9.17, 15) is 13.2 Å². The minimum Gasteiger partial charge on any atom is -0.478 e. The van der Waals surface area contributed by atoms with Crippen LogP contribution in [0.4, 0.5) is 5.69 Å². The second-order valence-corrected chi connectivity index (χ2v) is 4.94. The Hall–Kier alpha value is -1.60. The van der Waals surface area contributed by atoms with Gasteiger partial charge in [-0.3, -0.25) is 4.72 Å². The molecule has 0 aliphatic heterocycles. The Labute approximate surface area is 99.8 Å². The second kappa shape index (κ2) is 5.15. The van der Waals surface area contributed by atoms with Crippen LogP contribution >= 0.6 is 0 Å². The third-order valence-corrected chi connectivity index (χ3v) is 3.22. The van der Waals surface area contributed by atoms with E-state index in [0.717, 1.165) is 0 Å². The van der Waals surface area contributed by atoms with Crippen LogP contribution in [0.2, 0.25) is 0 Å². The predicted octanol–water partition coefficient (Wildman–Crippen LogP) is 0.959. The van der Waals surface area contributed by atoms with Crippen LogP contribution in [0.25, 0.3) is 0 Å². The Morgan fingerprint density at radius 2 is 2.06 bits per heavy atom. The highest BCUT2D eigenvalue weighted by molar-refractivity contribution is 7.90. The Kier molecular flexibility index (Phi) is 4.08. The van der Waals surface area contributed by atoms with Gasteiger partial charge in [0.05, 0.1) is 11.3 Å². The van der Waals surface area contributed by atoms with Crippen molar-refractivity contribution >= 4 is 21.9 Å². The summed E-state index contributed by atoms with van der Waals surface area (Å²) in [6.07, 6.45) is 0. The van der Waals surface area contributed by atoms with Crippen molar-refractivity contribution in [1.82, 2.24) is 4.72 Å². The maximum atomic E-state index is 11.5. The van der Waals surface area contributed by atoms with Gasteiger partial charge in [-0.25, -0.2) is 4.79 Å². The van der Waals surface area contributed by atoms with Crippen molar-refractivity contribution in [3.63, 3.8) is 0 Å². The molecule has 1 aromatic carbocycles. The minimum absolute atomic E-state index is 0.0322. The van der Waals surface area contributed by atoms with Crippen molar-refractivity contribution in [3.05, 3.63) is 29.3 Å². The molecular formula is C10H14N2O4S. The number of aromatic carboxylic acids is 1. The summed E-state index contributed by atoms with van der Waals surface area (Å²) in [6, 6.07) is 4.25. The van der Waals surface area contributed by atoms with Crippen LogP contribution in [0.1, 0.15) is 22.8 Å². The molecule has 0 aromatic heterocycles. The van der Waals surface area contributed by atoms with E-state index >= 15 is 0 Å². The average Bonchev–Trinajstić information content (AvgIpc) is 2.20. The molecule has 0 unspecified atom stereocenters. The summed E-state index contributed by atoms with van der Waals surface area (Å²) < 4.78 is 27.5. The molecule has 6 nitrogen and oxygen atoms in total. The first-order chi connectivity index (χ1) is 7.85. The summed E-state index contributed by atoms with van der Waals surface area (Å²) in [5.74, 6) is -1.10. The molecule has 0 aliphatic rings. The third kappa shape index (κ3) is 3.72. The molecule has 1 rings (SSSR count). The highest BCUT2D eigenvalue weighted by Gasteiger charge is 2.12. The maximum absolute atomic E-state index is 11.5. The van der Waals surface area contributed by atoms with Gasteiger partial charge in [-0.05, 0) is 24.6 Å². The third-order valence-electron chi connectivity index (χ3n) is 2.06. The van der Waals surface area contributed by atoms with Crippen molar-refractivity contribution < 1.29 is 18.3 Å². The summed E-state index contributed by atoms with van der Waals surface area (Å²) in [6.45, 7) is 3.60. The summed E-state index contributed by atoms with van der Waals surface area (Å²) in [4.78, 5) is 10.8. The number of carboxylic acid groups (broad SMARTS) is 1. The molecule has 0 aliphatic carbocycles. The van der Waals surface area contributed by atoms with Crippen LogP contribution in [-0.2, 0) is 10.2 Å². The summed E-state index contributed by atoms with van der Waals surface area (Å²) >= 11 is 0. The van der Waals surface area contributed by atoms with Crippen LogP contribution in [0.5, 0.6) is 0 Å². The van der Waals surface area contributed by atoms with Gasteiger partial charge in [0.2, 0.25) is 0 Å². The van der Waals surface area contributed by atoms with Crippen molar-refractivity contribution in [1.29, 1.82) is 0 Å². The summed E-state index contributed by atoms with van der Waals surface area (Å²) in [5.41, 5.74) is 0.937. The first-order valence-corrected chi connectivity index (χ1v) is 6.45. The van der Waals surface area contributed by atoms with Crippen molar-refractivity contribution in [2.75, 3.05) is 11.3 Å². The largest absolute Gasteiger partial charge is 0.478 e. The number of carbonyl (C=O) groups is 1. The van der Waals surface area contributed by atoms with Crippen LogP contribution in [-0.4, -0.2) is 26.0 Å². The average molecular weight is 258 g/mol. The zero-order valence-electron chi connectivity index (χ0n) is 9.52. The van der Waals surface area contributed by atoms with E-state index < -0.39 is 16.2 Å². The molecule has 0 heterocycles. The van der Waals surface area contributed by atoms with Crippen molar-refractivity contribution in [3.8, 4) is 0 Å². The lowest BCUT2D eigenvalue weighted by Gasteiger charge is -2.11. The Morgan fingerprint density at radius 1 is 1.41 bits per heavy atom. The van der Waals surface area contributed by atoms with E-state index in [-0.39, 0.29) is 17.8 Å². The lowest BCUT2D eigenvalue weighted by atomic mass is 10.1. The lowest BCUT2D eigenvalue weighted by Crippen LogP contribution is -2.30. The smallest absolute Gasteiger partial charge is 0.335 e. The van der Waals surface area contributed by atoms with E-state index in [1.54, 1.807) is 19.9 Å². The van der Waals surface area contributed by atoms with Gasteiger partial charge in [0.25, 0.3) is 10.2 Å². The van der Waals surface area contributed by atoms with E-state index in [0.29, 0.717) is 5.56 Å². The molecule has 94 valence electrons. The molecule has 0 fully saturated rings. The van der Waals surface area contributed by atoms with Gasteiger partial charge in [-0.1, -0.05) is 13.0 Å². The SMILES string of the molecule is CCNS(=O)(=O)Nc1cc(C(=O)O)ccc1C. The fourth-order valence-electron chi connectivity index (χ4n) is 1.24. The molecule has 7 heteroatoms. The molecule has 0 atom stereocenters. The normalized spacial score (nSPS) is 11.2. The number of aryl methyl sites for hydroxylation is 1. The van der Waals surface area contributed by atoms with Gasteiger partial charge in [-0.2, -0.15) is 13.1 Å². The van der Waals surface area contributed by atoms with Crippen LogP contribution in [0.15, 0.2) is 18.2 Å². The lowest BCUT2D eigenvalue weighted by molar-refractivity contribution is 0.0697.